The van der Waals surface area contributed by atoms with Crippen molar-refractivity contribution in [2.24, 2.45) is 0 Å². The van der Waals surface area contributed by atoms with Gasteiger partial charge in [-0.25, -0.2) is 9.67 Å². The van der Waals surface area contributed by atoms with E-state index in [0.717, 1.165) is 26.3 Å². The predicted molar refractivity (Wildman–Crippen MR) is 122 cm³/mol. The minimum Gasteiger partial charge on any atom is -0.346 e. The monoisotopic (exact) mass is 430 g/mol. The lowest BCUT2D eigenvalue weighted by molar-refractivity contribution is 0.0947. The van der Waals surface area contributed by atoms with Crippen molar-refractivity contribution in [2.45, 2.75) is 13.1 Å². The minimum absolute atomic E-state index is 0.189. The number of benzene rings is 1. The highest BCUT2D eigenvalue weighted by Crippen LogP contribution is 2.33. The van der Waals surface area contributed by atoms with Crippen LogP contribution in [0.1, 0.15) is 20.9 Å². The molecule has 0 radical (unpaired) electrons. The summed E-state index contributed by atoms with van der Waals surface area (Å²) in [4.78, 5) is 19.9. The van der Waals surface area contributed by atoms with E-state index in [1.165, 1.54) is 0 Å². The quantitative estimate of drug-likeness (QED) is 0.403. The van der Waals surface area contributed by atoms with Crippen LogP contribution >= 0.6 is 22.7 Å². The van der Waals surface area contributed by atoms with E-state index in [1.54, 1.807) is 28.9 Å². The Morgan fingerprint density at radius 3 is 2.57 bits per heavy atom. The average Bonchev–Trinajstić information content (AvgIpc) is 3.54. The van der Waals surface area contributed by atoms with Crippen molar-refractivity contribution in [3.63, 3.8) is 0 Å². The van der Waals surface area contributed by atoms with Crippen LogP contribution in [0, 0.1) is 0 Å². The van der Waals surface area contributed by atoms with Gasteiger partial charge in [-0.15, -0.1) is 22.7 Å². The lowest BCUT2D eigenvalue weighted by atomic mass is 10.1. The first-order valence-electron chi connectivity index (χ1n) is 9.53. The van der Waals surface area contributed by atoms with Crippen molar-refractivity contribution in [1.29, 1.82) is 0 Å². The Morgan fingerprint density at radius 2 is 1.80 bits per heavy atom. The normalized spacial score (nSPS) is 11.1. The van der Waals surface area contributed by atoms with E-state index in [-0.39, 0.29) is 5.91 Å². The number of pyridine rings is 1. The van der Waals surface area contributed by atoms with Crippen LogP contribution in [0.15, 0.2) is 77.6 Å². The number of hydrogen-bond acceptors (Lipinski definition) is 5. The number of amides is 1. The van der Waals surface area contributed by atoms with Crippen LogP contribution in [0.25, 0.3) is 21.5 Å². The molecule has 1 N–H and O–H groups in total. The van der Waals surface area contributed by atoms with Gasteiger partial charge < -0.3 is 5.32 Å². The molecular formula is C23H18N4OS2. The maximum Gasteiger partial charge on any atom is 0.272 e. The molecule has 0 aliphatic rings. The summed E-state index contributed by atoms with van der Waals surface area (Å²) in [7, 11) is 0. The van der Waals surface area contributed by atoms with Crippen LogP contribution < -0.4 is 5.32 Å². The van der Waals surface area contributed by atoms with Gasteiger partial charge >= 0.3 is 0 Å². The zero-order chi connectivity index (χ0) is 20.3. The average molecular weight is 431 g/mol. The Morgan fingerprint density at radius 1 is 0.967 bits per heavy atom. The third kappa shape index (κ3) is 3.65. The molecule has 0 unspecified atom stereocenters. The van der Waals surface area contributed by atoms with Gasteiger partial charge in [0.2, 0.25) is 0 Å². The standard InChI is InChI=1S/C23H18N4OS2/c28-23(25-14-17-8-4-12-29-17)21-20-18(19-9-5-13-30-19)10-11-24-22(20)27(26-21)15-16-6-2-1-3-7-16/h1-13H,14-15H2,(H,25,28). The second-order valence-electron chi connectivity index (χ2n) is 6.79. The van der Waals surface area contributed by atoms with E-state index in [0.29, 0.717) is 24.4 Å². The largest absolute Gasteiger partial charge is 0.346 e. The summed E-state index contributed by atoms with van der Waals surface area (Å²) in [5.41, 5.74) is 3.21. The zero-order valence-corrected chi connectivity index (χ0v) is 17.6. The van der Waals surface area contributed by atoms with Crippen molar-refractivity contribution in [3.8, 4) is 10.4 Å². The molecule has 30 heavy (non-hydrogen) atoms. The molecular weight excluding hydrogens is 412 g/mol. The van der Waals surface area contributed by atoms with Gasteiger partial charge in [-0.1, -0.05) is 42.5 Å². The Labute approximate surface area is 181 Å². The van der Waals surface area contributed by atoms with E-state index in [1.807, 2.05) is 70.0 Å². The van der Waals surface area contributed by atoms with Crippen LogP contribution in [0.3, 0.4) is 0 Å². The SMILES string of the molecule is O=C(NCc1cccs1)c1nn(Cc2ccccc2)c2nccc(-c3cccs3)c12. The molecule has 4 heterocycles. The fourth-order valence-corrected chi connectivity index (χ4v) is 4.83. The summed E-state index contributed by atoms with van der Waals surface area (Å²) in [5.74, 6) is -0.189. The Balaban J connectivity index is 1.59. The lowest BCUT2D eigenvalue weighted by Gasteiger charge is -2.04. The molecule has 0 aliphatic heterocycles. The van der Waals surface area contributed by atoms with Crippen LogP contribution in [-0.2, 0) is 13.1 Å². The summed E-state index contributed by atoms with van der Waals surface area (Å²) in [5, 5.41) is 12.5. The summed E-state index contributed by atoms with van der Waals surface area (Å²) in [6.45, 7) is 1.04. The van der Waals surface area contributed by atoms with Crippen LogP contribution in [0.4, 0.5) is 0 Å². The van der Waals surface area contributed by atoms with Gasteiger partial charge in [0.25, 0.3) is 5.91 Å². The van der Waals surface area contributed by atoms with Gasteiger partial charge in [-0.3, -0.25) is 4.79 Å². The lowest BCUT2D eigenvalue weighted by Crippen LogP contribution is -2.23. The molecule has 1 aromatic carbocycles. The van der Waals surface area contributed by atoms with Gasteiger partial charge in [-0.2, -0.15) is 5.10 Å². The van der Waals surface area contributed by atoms with Gasteiger partial charge in [0.05, 0.1) is 18.5 Å². The molecule has 0 aliphatic carbocycles. The van der Waals surface area contributed by atoms with Gasteiger partial charge in [0.1, 0.15) is 0 Å². The molecule has 7 heteroatoms. The number of thiophene rings is 2. The third-order valence-corrected chi connectivity index (χ3v) is 6.59. The molecule has 4 aromatic heterocycles. The van der Waals surface area contributed by atoms with Crippen molar-refractivity contribution in [3.05, 3.63) is 93.8 Å². The van der Waals surface area contributed by atoms with Crippen LogP contribution in [0.2, 0.25) is 0 Å². The summed E-state index contributed by atoms with van der Waals surface area (Å²) >= 11 is 3.26. The molecule has 0 saturated heterocycles. The highest BCUT2D eigenvalue weighted by Gasteiger charge is 2.22. The van der Waals surface area contributed by atoms with Crippen LogP contribution in [0.5, 0.6) is 0 Å². The number of fused-ring (bicyclic) bond motifs is 1. The molecule has 5 nitrogen and oxygen atoms in total. The molecule has 0 bridgehead atoms. The molecule has 0 spiro atoms. The van der Waals surface area contributed by atoms with E-state index < -0.39 is 0 Å². The minimum atomic E-state index is -0.189. The molecule has 148 valence electrons. The number of nitrogens with zero attached hydrogens (tertiary/aromatic N) is 3. The highest BCUT2D eigenvalue weighted by molar-refractivity contribution is 7.13. The van der Waals surface area contributed by atoms with E-state index in [2.05, 4.69) is 16.4 Å². The third-order valence-electron chi connectivity index (χ3n) is 4.81. The van der Waals surface area contributed by atoms with E-state index >= 15 is 0 Å². The van der Waals surface area contributed by atoms with Crippen LogP contribution in [-0.4, -0.2) is 20.7 Å². The predicted octanol–water partition coefficient (Wildman–Crippen LogP) is 5.20. The summed E-state index contributed by atoms with van der Waals surface area (Å²) in [6.07, 6.45) is 1.79. The second kappa shape index (κ2) is 8.22. The number of rotatable bonds is 6. The van der Waals surface area contributed by atoms with Crippen molar-refractivity contribution in [1.82, 2.24) is 20.1 Å². The molecule has 0 saturated carbocycles. The second-order valence-corrected chi connectivity index (χ2v) is 8.77. The maximum atomic E-state index is 13.1. The molecule has 5 rings (SSSR count). The number of nitrogens with one attached hydrogen (secondary N) is 1. The fourth-order valence-electron chi connectivity index (χ4n) is 3.42. The Kier molecular flexibility index (Phi) is 5.13. The molecule has 0 atom stereocenters. The van der Waals surface area contributed by atoms with Gasteiger partial charge in [0, 0.05) is 21.5 Å². The number of carbonyl (C=O) groups excluding carboxylic acids is 1. The Bertz CT molecular complexity index is 1280. The first kappa shape index (κ1) is 18.7. The van der Waals surface area contributed by atoms with Crippen molar-refractivity contribution >= 4 is 39.6 Å². The number of carbonyl (C=O) groups is 1. The smallest absolute Gasteiger partial charge is 0.272 e. The maximum absolute atomic E-state index is 13.1. The van der Waals surface area contributed by atoms with Gasteiger partial charge in [-0.05, 0) is 34.5 Å². The van der Waals surface area contributed by atoms with E-state index in [4.69, 9.17) is 5.10 Å². The molecule has 1 amide bonds. The van der Waals surface area contributed by atoms with Gasteiger partial charge in [0.15, 0.2) is 11.3 Å². The molecule has 5 aromatic rings. The zero-order valence-electron chi connectivity index (χ0n) is 16.0. The fraction of sp³-hybridized carbons (Fsp3) is 0.0870. The number of aromatic nitrogens is 3. The highest BCUT2D eigenvalue weighted by atomic mass is 32.1. The molecule has 0 fully saturated rings. The van der Waals surface area contributed by atoms with E-state index in [9.17, 15) is 4.79 Å². The van der Waals surface area contributed by atoms with Crippen molar-refractivity contribution in [2.75, 3.05) is 0 Å². The van der Waals surface area contributed by atoms with Crippen molar-refractivity contribution < 1.29 is 4.79 Å². The first-order valence-corrected chi connectivity index (χ1v) is 11.3. The summed E-state index contributed by atoms with van der Waals surface area (Å²) < 4.78 is 1.82. The Hall–Kier alpha value is -3.29. The topological polar surface area (TPSA) is 59.8 Å². The number of hydrogen-bond donors (Lipinski definition) is 1. The first-order chi connectivity index (χ1) is 14.8. The summed E-state index contributed by atoms with van der Waals surface area (Å²) in [6, 6.07) is 20.1.